The van der Waals surface area contributed by atoms with Crippen LogP contribution in [0.5, 0.6) is 5.75 Å². The lowest BCUT2D eigenvalue weighted by molar-refractivity contribution is 0.391. The molecule has 1 N–H and O–H groups in total. The zero-order chi connectivity index (χ0) is 16.9. The Labute approximate surface area is 142 Å². The first-order valence-electron chi connectivity index (χ1n) is 7.46. The van der Waals surface area contributed by atoms with E-state index in [1.54, 1.807) is 11.7 Å². The van der Waals surface area contributed by atoms with Crippen molar-refractivity contribution in [3.8, 4) is 17.1 Å². The van der Waals surface area contributed by atoms with E-state index in [1.165, 1.54) is 11.8 Å². The minimum Gasteiger partial charge on any atom is -0.497 e. The van der Waals surface area contributed by atoms with Crippen LogP contribution in [-0.2, 0) is 12.3 Å². The summed E-state index contributed by atoms with van der Waals surface area (Å²) in [4.78, 5) is 16.0. The lowest BCUT2D eigenvalue weighted by atomic mass is 10.2. The van der Waals surface area contributed by atoms with Gasteiger partial charge in [-0.25, -0.2) is 9.89 Å². The molecule has 2 heterocycles. The second-order valence-corrected chi connectivity index (χ2v) is 5.93. The van der Waals surface area contributed by atoms with E-state index in [9.17, 15) is 4.79 Å². The Morgan fingerprint density at radius 3 is 2.83 bits per heavy atom. The summed E-state index contributed by atoms with van der Waals surface area (Å²) < 4.78 is 12.0. The molecule has 0 aliphatic rings. The number of hydrogen-bond acceptors (Lipinski definition) is 7. The zero-order valence-corrected chi connectivity index (χ0v) is 14.2. The minimum absolute atomic E-state index is 0.205. The largest absolute Gasteiger partial charge is 0.497 e. The monoisotopic (exact) mass is 347 g/mol. The third-order valence-corrected chi connectivity index (χ3v) is 4.27. The van der Waals surface area contributed by atoms with E-state index in [1.807, 2.05) is 31.2 Å². The highest BCUT2D eigenvalue weighted by Crippen LogP contribution is 2.23. The van der Waals surface area contributed by atoms with Gasteiger partial charge in [0.15, 0.2) is 5.16 Å². The Morgan fingerprint density at radius 1 is 1.33 bits per heavy atom. The highest BCUT2D eigenvalue weighted by Gasteiger charge is 2.13. The van der Waals surface area contributed by atoms with Crippen molar-refractivity contribution in [3.05, 3.63) is 40.6 Å². The van der Waals surface area contributed by atoms with Gasteiger partial charge in [-0.2, -0.15) is 4.98 Å². The van der Waals surface area contributed by atoms with Crippen molar-refractivity contribution in [1.82, 2.24) is 24.9 Å². The maximum atomic E-state index is 11.7. The van der Waals surface area contributed by atoms with Crippen LogP contribution >= 0.6 is 11.8 Å². The van der Waals surface area contributed by atoms with Crippen molar-refractivity contribution in [2.75, 3.05) is 7.11 Å². The van der Waals surface area contributed by atoms with Crippen LogP contribution in [0, 0.1) is 0 Å². The molecule has 0 aliphatic carbocycles. The van der Waals surface area contributed by atoms with Gasteiger partial charge in [-0.3, -0.25) is 4.57 Å². The highest BCUT2D eigenvalue weighted by atomic mass is 32.2. The smallest absolute Gasteiger partial charge is 0.343 e. The van der Waals surface area contributed by atoms with Gasteiger partial charge in [-0.15, -0.1) is 5.10 Å². The number of rotatable bonds is 7. The second kappa shape index (κ2) is 7.35. The molecule has 0 fully saturated rings. The Balaban J connectivity index is 1.69. The average Bonchev–Trinajstić information content (AvgIpc) is 3.21. The van der Waals surface area contributed by atoms with Gasteiger partial charge in [0.25, 0.3) is 0 Å². The molecule has 9 heteroatoms. The molecule has 0 unspecified atom stereocenters. The number of benzene rings is 1. The van der Waals surface area contributed by atoms with E-state index in [0.717, 1.165) is 17.7 Å². The van der Waals surface area contributed by atoms with Gasteiger partial charge in [0.05, 0.1) is 12.9 Å². The zero-order valence-electron chi connectivity index (χ0n) is 13.4. The summed E-state index contributed by atoms with van der Waals surface area (Å²) in [7, 11) is 1.62. The summed E-state index contributed by atoms with van der Waals surface area (Å²) in [5.41, 5.74) is 0.641. The standard InChI is InChI=1S/C15H17N5O3S/c1-3-8-20-14(21)17-18-15(20)24-9-12-16-13(19-23-12)10-4-6-11(22-2)7-5-10/h4-7H,3,8-9H2,1-2H3,(H,17,21). The highest BCUT2D eigenvalue weighted by molar-refractivity contribution is 7.98. The molecule has 1 aromatic carbocycles. The topological polar surface area (TPSA) is 98.8 Å². The number of nitrogens with one attached hydrogen (secondary N) is 1. The van der Waals surface area contributed by atoms with Crippen LogP contribution in [-0.4, -0.2) is 32.0 Å². The number of ether oxygens (including phenoxy) is 1. The van der Waals surface area contributed by atoms with Gasteiger partial charge in [0.2, 0.25) is 11.7 Å². The number of aromatic amines is 1. The summed E-state index contributed by atoms with van der Waals surface area (Å²) >= 11 is 1.38. The molecule has 8 nitrogen and oxygen atoms in total. The van der Waals surface area contributed by atoms with Crippen LogP contribution in [0.2, 0.25) is 0 Å². The third-order valence-electron chi connectivity index (χ3n) is 3.31. The Morgan fingerprint density at radius 2 is 2.12 bits per heavy atom. The van der Waals surface area contributed by atoms with Gasteiger partial charge in [-0.1, -0.05) is 23.8 Å². The first-order valence-corrected chi connectivity index (χ1v) is 8.45. The minimum atomic E-state index is -0.205. The molecule has 0 spiro atoms. The Bertz CT molecular complexity index is 853. The van der Waals surface area contributed by atoms with Crippen LogP contribution in [0.1, 0.15) is 19.2 Å². The predicted octanol–water partition coefficient (Wildman–Crippen LogP) is 2.33. The van der Waals surface area contributed by atoms with Gasteiger partial charge >= 0.3 is 5.69 Å². The second-order valence-electron chi connectivity index (χ2n) is 4.99. The van der Waals surface area contributed by atoms with Crippen molar-refractivity contribution in [2.24, 2.45) is 0 Å². The number of methoxy groups -OCH3 is 1. The van der Waals surface area contributed by atoms with Crippen LogP contribution in [0.15, 0.2) is 38.7 Å². The lowest BCUT2D eigenvalue weighted by Gasteiger charge is -2.01. The molecule has 24 heavy (non-hydrogen) atoms. The van der Waals surface area contributed by atoms with Gasteiger partial charge in [-0.05, 0) is 30.7 Å². The molecule has 2 aromatic heterocycles. The summed E-state index contributed by atoms with van der Waals surface area (Å²) in [6, 6.07) is 7.42. The fraction of sp³-hybridized carbons (Fsp3) is 0.333. The first-order chi connectivity index (χ1) is 11.7. The molecule has 3 aromatic rings. The maximum Gasteiger partial charge on any atom is 0.343 e. The number of thioether (sulfide) groups is 1. The average molecular weight is 347 g/mol. The maximum absolute atomic E-state index is 11.7. The molecule has 3 rings (SSSR count). The van der Waals surface area contributed by atoms with Crippen molar-refractivity contribution in [2.45, 2.75) is 30.8 Å². The molecule has 0 saturated carbocycles. The van der Waals surface area contributed by atoms with E-state index in [-0.39, 0.29) is 5.69 Å². The van der Waals surface area contributed by atoms with E-state index >= 15 is 0 Å². The third kappa shape index (κ3) is 3.51. The summed E-state index contributed by atoms with van der Waals surface area (Å²) in [6.07, 6.45) is 0.856. The molecular weight excluding hydrogens is 330 g/mol. The summed E-state index contributed by atoms with van der Waals surface area (Å²) in [5.74, 6) is 2.20. The van der Waals surface area contributed by atoms with E-state index < -0.39 is 0 Å². The van der Waals surface area contributed by atoms with Crippen molar-refractivity contribution in [3.63, 3.8) is 0 Å². The predicted molar refractivity (Wildman–Crippen MR) is 89.0 cm³/mol. The molecular formula is C15H17N5O3S. The van der Waals surface area contributed by atoms with E-state index in [2.05, 4.69) is 20.3 Å². The molecule has 0 radical (unpaired) electrons. The first kappa shape index (κ1) is 16.3. The molecule has 126 valence electrons. The van der Waals surface area contributed by atoms with Gasteiger partial charge in [0.1, 0.15) is 5.75 Å². The van der Waals surface area contributed by atoms with E-state index in [4.69, 9.17) is 9.26 Å². The van der Waals surface area contributed by atoms with Crippen molar-refractivity contribution in [1.29, 1.82) is 0 Å². The number of aromatic nitrogens is 5. The fourth-order valence-electron chi connectivity index (χ4n) is 2.13. The van der Waals surface area contributed by atoms with Crippen LogP contribution < -0.4 is 10.4 Å². The van der Waals surface area contributed by atoms with Crippen LogP contribution in [0.4, 0.5) is 0 Å². The number of nitrogens with zero attached hydrogens (tertiary/aromatic N) is 4. The Hall–Kier alpha value is -2.55. The lowest BCUT2D eigenvalue weighted by Crippen LogP contribution is -2.17. The Kier molecular flexibility index (Phi) is 4.99. The molecule has 0 saturated heterocycles. The summed E-state index contributed by atoms with van der Waals surface area (Å²) in [6.45, 7) is 2.63. The van der Waals surface area contributed by atoms with Gasteiger partial charge in [0, 0.05) is 12.1 Å². The molecule has 0 atom stereocenters. The van der Waals surface area contributed by atoms with Crippen molar-refractivity contribution < 1.29 is 9.26 Å². The molecule has 0 aliphatic heterocycles. The van der Waals surface area contributed by atoms with Gasteiger partial charge < -0.3 is 9.26 Å². The number of hydrogen-bond donors (Lipinski definition) is 1. The quantitative estimate of drug-likeness (QED) is 0.655. The van der Waals surface area contributed by atoms with E-state index in [0.29, 0.717) is 29.2 Å². The normalized spacial score (nSPS) is 10.9. The molecule has 0 bridgehead atoms. The fourth-order valence-corrected chi connectivity index (χ4v) is 2.94. The van der Waals surface area contributed by atoms with Crippen molar-refractivity contribution >= 4 is 11.8 Å². The summed E-state index contributed by atoms with van der Waals surface area (Å²) in [5, 5.41) is 11.1. The number of H-pyrrole nitrogens is 1. The molecule has 0 amide bonds. The van der Waals surface area contributed by atoms with Crippen LogP contribution in [0.3, 0.4) is 0 Å². The SMILES string of the molecule is CCCn1c(SCc2nc(-c3ccc(OC)cc3)no2)n[nH]c1=O. The van der Waals surface area contributed by atoms with Crippen LogP contribution in [0.25, 0.3) is 11.4 Å².